The summed E-state index contributed by atoms with van der Waals surface area (Å²) in [4.78, 5) is 30.2. The summed E-state index contributed by atoms with van der Waals surface area (Å²) in [5, 5.41) is 2.88. The summed E-state index contributed by atoms with van der Waals surface area (Å²) < 4.78 is 13.2. The second kappa shape index (κ2) is 6.78. The van der Waals surface area contributed by atoms with Crippen molar-refractivity contribution >= 4 is 11.8 Å². The van der Waals surface area contributed by atoms with Gasteiger partial charge in [0.25, 0.3) is 5.91 Å². The first-order valence-corrected chi connectivity index (χ1v) is 7.77. The highest BCUT2D eigenvalue weighted by Crippen LogP contribution is 2.16. The number of aromatic nitrogens is 1. The van der Waals surface area contributed by atoms with Gasteiger partial charge in [0.2, 0.25) is 5.91 Å². The van der Waals surface area contributed by atoms with Gasteiger partial charge in [-0.15, -0.1) is 0 Å². The van der Waals surface area contributed by atoms with Crippen molar-refractivity contribution in [2.45, 2.75) is 25.9 Å². The Bertz CT molecular complexity index is 778. The molecule has 3 rings (SSSR count). The van der Waals surface area contributed by atoms with Crippen molar-refractivity contribution in [1.29, 1.82) is 0 Å². The maximum absolute atomic E-state index is 13.2. The van der Waals surface area contributed by atoms with Crippen LogP contribution in [0.25, 0.3) is 0 Å². The third-order valence-electron chi connectivity index (χ3n) is 4.06. The summed E-state index contributed by atoms with van der Waals surface area (Å²) in [6, 6.07) is 9.35. The smallest absolute Gasteiger partial charge is 0.253 e. The van der Waals surface area contributed by atoms with Gasteiger partial charge in [-0.25, -0.2) is 4.39 Å². The van der Waals surface area contributed by atoms with Crippen LogP contribution in [0.3, 0.4) is 0 Å². The monoisotopic (exact) mass is 327 g/mol. The molecule has 0 spiro atoms. The van der Waals surface area contributed by atoms with Crippen LogP contribution < -0.4 is 5.32 Å². The van der Waals surface area contributed by atoms with Gasteiger partial charge in [0.15, 0.2) is 0 Å². The molecular formula is C18H18FN3O2. The number of nitrogens with one attached hydrogen (secondary N) is 1. The first-order valence-electron chi connectivity index (χ1n) is 7.77. The second-order valence-corrected chi connectivity index (χ2v) is 5.92. The van der Waals surface area contributed by atoms with Gasteiger partial charge in [0, 0.05) is 31.4 Å². The molecule has 2 aromatic rings. The maximum atomic E-state index is 13.2. The quantitative estimate of drug-likeness (QED) is 0.935. The Balaban J connectivity index is 1.62. The number of amides is 2. The van der Waals surface area contributed by atoms with E-state index in [2.05, 4.69) is 10.3 Å². The van der Waals surface area contributed by atoms with Crippen LogP contribution in [0.1, 0.15) is 28.0 Å². The Labute approximate surface area is 139 Å². The normalized spacial score (nSPS) is 17.2. The minimum atomic E-state index is -0.323. The number of pyridine rings is 1. The fourth-order valence-electron chi connectivity index (χ4n) is 2.86. The lowest BCUT2D eigenvalue weighted by molar-refractivity contribution is -0.128. The fraction of sp³-hybridized carbons (Fsp3) is 0.278. The van der Waals surface area contributed by atoms with E-state index in [1.807, 2.05) is 0 Å². The van der Waals surface area contributed by atoms with Crippen molar-refractivity contribution in [3.05, 3.63) is 65.2 Å². The second-order valence-electron chi connectivity index (χ2n) is 5.92. The predicted molar refractivity (Wildman–Crippen MR) is 86.7 cm³/mol. The van der Waals surface area contributed by atoms with Crippen LogP contribution in [-0.2, 0) is 11.3 Å². The van der Waals surface area contributed by atoms with Crippen LogP contribution in [0.4, 0.5) is 4.39 Å². The number of carbonyl (C=O) groups excluding carboxylic acids is 2. The zero-order chi connectivity index (χ0) is 17.1. The summed E-state index contributed by atoms with van der Waals surface area (Å²) in [5.41, 5.74) is 1.89. The number of likely N-dealkylation sites (tertiary alicyclic amines) is 1. The molecule has 24 heavy (non-hydrogen) atoms. The molecule has 1 saturated heterocycles. The van der Waals surface area contributed by atoms with Gasteiger partial charge < -0.3 is 10.2 Å². The van der Waals surface area contributed by atoms with Crippen molar-refractivity contribution in [2.24, 2.45) is 0 Å². The number of aryl methyl sites for hydroxylation is 1. The highest BCUT2D eigenvalue weighted by molar-refractivity contribution is 5.96. The van der Waals surface area contributed by atoms with Gasteiger partial charge in [-0.3, -0.25) is 14.6 Å². The fourth-order valence-corrected chi connectivity index (χ4v) is 2.86. The van der Waals surface area contributed by atoms with Crippen LogP contribution in [0.5, 0.6) is 0 Å². The number of carbonyl (C=O) groups is 2. The van der Waals surface area contributed by atoms with E-state index in [0.717, 1.165) is 5.56 Å². The number of benzene rings is 1. The largest absolute Gasteiger partial charge is 0.347 e. The lowest BCUT2D eigenvalue weighted by Crippen LogP contribution is -2.37. The van der Waals surface area contributed by atoms with E-state index in [0.29, 0.717) is 24.3 Å². The Kier molecular flexibility index (Phi) is 4.55. The number of hydrogen-bond acceptors (Lipinski definition) is 3. The molecule has 1 fully saturated rings. The van der Waals surface area contributed by atoms with Gasteiger partial charge in [-0.1, -0.05) is 12.1 Å². The van der Waals surface area contributed by atoms with Crippen molar-refractivity contribution in [3.8, 4) is 0 Å². The minimum Gasteiger partial charge on any atom is -0.347 e. The van der Waals surface area contributed by atoms with E-state index in [9.17, 15) is 14.0 Å². The highest BCUT2D eigenvalue weighted by Gasteiger charge is 2.31. The van der Waals surface area contributed by atoms with Crippen LogP contribution in [0.15, 0.2) is 42.6 Å². The molecule has 1 aromatic heterocycles. The molecule has 0 saturated carbocycles. The standard InChI is InChI=1S/C18H18FN3O2/c1-12-16(6-3-7-20-12)18(24)21-15-9-17(23)22(11-15)10-13-4-2-5-14(19)8-13/h2-8,15H,9-11H2,1H3,(H,21,24)/t15-/m1/s1. The molecule has 6 heteroatoms. The zero-order valence-corrected chi connectivity index (χ0v) is 13.3. The summed E-state index contributed by atoms with van der Waals surface area (Å²) >= 11 is 0. The third-order valence-corrected chi connectivity index (χ3v) is 4.06. The third kappa shape index (κ3) is 3.59. The van der Waals surface area contributed by atoms with E-state index in [1.54, 1.807) is 42.3 Å². The van der Waals surface area contributed by atoms with Crippen LogP contribution in [0.2, 0.25) is 0 Å². The zero-order valence-electron chi connectivity index (χ0n) is 13.3. The van der Waals surface area contributed by atoms with Crippen LogP contribution in [0, 0.1) is 12.7 Å². The maximum Gasteiger partial charge on any atom is 0.253 e. The molecule has 1 atom stereocenters. The number of rotatable bonds is 4. The summed E-state index contributed by atoms with van der Waals surface area (Å²) in [6.45, 7) is 2.53. The van der Waals surface area contributed by atoms with Gasteiger partial charge >= 0.3 is 0 Å². The Hall–Kier alpha value is -2.76. The molecule has 1 aliphatic heterocycles. The summed E-state index contributed by atoms with van der Waals surface area (Å²) in [7, 11) is 0. The van der Waals surface area contributed by atoms with Gasteiger partial charge in [-0.05, 0) is 36.8 Å². The Morgan fingerprint density at radius 1 is 1.38 bits per heavy atom. The lowest BCUT2D eigenvalue weighted by Gasteiger charge is -2.17. The minimum absolute atomic E-state index is 0.0486. The number of nitrogens with zero attached hydrogens (tertiary/aromatic N) is 2. The van der Waals surface area contributed by atoms with E-state index < -0.39 is 0 Å². The molecule has 1 N–H and O–H groups in total. The molecule has 0 bridgehead atoms. The van der Waals surface area contributed by atoms with Gasteiger partial charge in [0.05, 0.1) is 11.6 Å². The molecule has 0 aliphatic carbocycles. The molecule has 2 amide bonds. The van der Waals surface area contributed by atoms with E-state index in [-0.39, 0.29) is 30.1 Å². The molecule has 2 heterocycles. The highest BCUT2D eigenvalue weighted by atomic mass is 19.1. The summed E-state index contributed by atoms with van der Waals surface area (Å²) in [6.07, 6.45) is 1.88. The van der Waals surface area contributed by atoms with E-state index in [4.69, 9.17) is 0 Å². The Morgan fingerprint density at radius 2 is 2.21 bits per heavy atom. The molecule has 0 radical (unpaired) electrons. The van der Waals surface area contributed by atoms with Crippen molar-refractivity contribution in [2.75, 3.05) is 6.54 Å². The van der Waals surface area contributed by atoms with Crippen molar-refractivity contribution < 1.29 is 14.0 Å². The molecule has 1 aromatic carbocycles. The molecule has 5 nitrogen and oxygen atoms in total. The Morgan fingerprint density at radius 3 is 2.96 bits per heavy atom. The van der Waals surface area contributed by atoms with Gasteiger partial charge in [0.1, 0.15) is 5.82 Å². The van der Waals surface area contributed by atoms with Crippen LogP contribution in [-0.4, -0.2) is 34.3 Å². The first kappa shape index (κ1) is 16.1. The van der Waals surface area contributed by atoms with Crippen molar-refractivity contribution in [3.63, 3.8) is 0 Å². The van der Waals surface area contributed by atoms with Crippen molar-refractivity contribution in [1.82, 2.24) is 15.2 Å². The summed E-state index contributed by atoms with van der Waals surface area (Å²) in [5.74, 6) is -0.602. The SMILES string of the molecule is Cc1ncccc1C(=O)N[C@@H]1CC(=O)N(Cc2cccc(F)c2)C1. The average molecular weight is 327 g/mol. The first-order chi connectivity index (χ1) is 11.5. The molecular weight excluding hydrogens is 309 g/mol. The molecule has 124 valence electrons. The predicted octanol–water partition coefficient (Wildman–Crippen LogP) is 2.06. The topological polar surface area (TPSA) is 62.3 Å². The molecule has 0 unspecified atom stereocenters. The number of hydrogen-bond donors (Lipinski definition) is 1. The molecule has 1 aliphatic rings. The van der Waals surface area contributed by atoms with Gasteiger partial charge in [-0.2, -0.15) is 0 Å². The lowest BCUT2D eigenvalue weighted by atomic mass is 10.1. The average Bonchev–Trinajstić information content (AvgIpc) is 2.87. The van der Waals surface area contributed by atoms with E-state index in [1.165, 1.54) is 12.1 Å². The van der Waals surface area contributed by atoms with E-state index >= 15 is 0 Å². The number of halogens is 1. The van der Waals surface area contributed by atoms with Crippen LogP contribution >= 0.6 is 0 Å².